The summed E-state index contributed by atoms with van der Waals surface area (Å²) >= 11 is 0. The summed E-state index contributed by atoms with van der Waals surface area (Å²) in [6, 6.07) is 39.1. The minimum atomic E-state index is -0.426. The summed E-state index contributed by atoms with van der Waals surface area (Å²) in [5.41, 5.74) is 55.1. The predicted molar refractivity (Wildman–Crippen MR) is 557 cm³/mol. The van der Waals surface area contributed by atoms with Crippen LogP contribution in [0.5, 0.6) is 0 Å². The van der Waals surface area contributed by atoms with Gasteiger partial charge in [0.15, 0.2) is 5.78 Å². The van der Waals surface area contributed by atoms with E-state index >= 15 is 0 Å². The summed E-state index contributed by atoms with van der Waals surface area (Å²) in [7, 11) is 1.76. The molecule has 139 heavy (non-hydrogen) atoms. The Morgan fingerprint density at radius 3 is 1.11 bits per heavy atom. The Bertz CT molecular complexity index is 5660. The van der Waals surface area contributed by atoms with Crippen molar-refractivity contribution in [3.8, 4) is 0 Å². The molecule has 6 aliphatic heterocycles. The van der Waals surface area contributed by atoms with Gasteiger partial charge in [-0.1, -0.05) is 164 Å². The number of benzene rings is 6. The molecule has 6 heterocycles. The predicted octanol–water partition coefficient (Wildman–Crippen LogP) is 17.7. The van der Waals surface area contributed by atoms with Crippen LogP contribution in [0.15, 0.2) is 121 Å². The molecule has 18 atom stereocenters. The van der Waals surface area contributed by atoms with Gasteiger partial charge in [0.2, 0.25) is 35.4 Å². The van der Waals surface area contributed by atoms with Gasteiger partial charge in [-0.05, 0) is 395 Å². The molecule has 0 radical (unpaired) electrons. The molecule has 10 fully saturated rings. The molecule has 6 amide bonds. The maximum absolute atomic E-state index is 13.1. The molecular weight excluding hydrogens is 1730 g/mol. The lowest BCUT2D eigenvalue weighted by atomic mass is 9.52. The zero-order valence-electron chi connectivity index (χ0n) is 87.0. The molecule has 4 saturated carbocycles. The highest BCUT2D eigenvalue weighted by atomic mass is 16.5. The highest BCUT2D eigenvalue weighted by molar-refractivity contribution is 6.05. The summed E-state index contributed by atoms with van der Waals surface area (Å²) in [5, 5.41) is 0. The number of likely N-dealkylation sites (tertiary alicyclic amines) is 6. The number of amides is 6. The van der Waals surface area contributed by atoms with Gasteiger partial charge in [-0.25, -0.2) is 0 Å². The fourth-order valence-electron chi connectivity index (χ4n) is 29.5. The van der Waals surface area contributed by atoms with Gasteiger partial charge in [-0.2, -0.15) is 0 Å². The zero-order chi connectivity index (χ0) is 99.2. The van der Waals surface area contributed by atoms with Crippen LogP contribution >= 0.6 is 0 Å². The van der Waals surface area contributed by atoms with Gasteiger partial charge in [-0.15, -0.1) is 0 Å². The normalized spacial score (nSPS) is 32.3. The number of ether oxygens (including phenoxy) is 1. The van der Waals surface area contributed by atoms with Crippen LogP contribution in [-0.2, 0) is 69.3 Å². The number of carbonyl (C=O) groups excluding carboxylic acids is 7. The van der Waals surface area contributed by atoms with Crippen LogP contribution in [0, 0.1) is 58.7 Å². The molecule has 12 N–H and O–H groups in total. The second-order valence-electron chi connectivity index (χ2n) is 48.9. The molecule has 2 unspecified atom stereocenters. The second kappa shape index (κ2) is 40.1. The maximum Gasteiger partial charge on any atom is 0.248 e. The van der Waals surface area contributed by atoms with Crippen molar-refractivity contribution in [1.29, 1.82) is 0 Å². The van der Waals surface area contributed by atoms with Crippen molar-refractivity contribution in [2.75, 3.05) is 92.3 Å². The largest absolute Gasteiger partial charge is 0.383 e. The fraction of sp³-hybridized carbons (Fsp3) is 0.622. The molecule has 20 nitrogen and oxygen atoms in total. The van der Waals surface area contributed by atoms with E-state index in [0.29, 0.717) is 92.0 Å². The zero-order valence-corrected chi connectivity index (χ0v) is 87.0. The van der Waals surface area contributed by atoms with Crippen LogP contribution in [-0.4, -0.2) is 199 Å². The number of fused-ring (bicyclic) bond motifs is 21. The monoisotopic (exact) mass is 1890 g/mol. The molecule has 6 aromatic rings. The van der Waals surface area contributed by atoms with E-state index in [0.717, 1.165) is 151 Å². The molecule has 750 valence electrons. The summed E-state index contributed by atoms with van der Waals surface area (Å²) in [5.74, 6) is 4.31. The standard InChI is InChI=1S/C22H30N2O.C20H28N2O.C20H30N2O.C20H28N2O.C19H24N2O2.C18H26N2O2/c23-21(25)17-8-7-16-13-20-18-6-1-2-9-22(18,19(16)12-17)10-11-24(20)14-15-4-3-5-15;1-13-18-11-15-6-7-16(19(21)23)10-17(15)20(13,2)8-9-22(18)12-14-4-3-5-14;1-13-17-11-14-6-7-15(18(21)23)10-16(14)20(13,5)8-9-22(17)12-19(2,3)4;1-13(2)7-9-22-10-8-20(4)14(3)18(22)12-15-5-6-16(19(21)23)11-17(15)20;1-11-16-17(22)14-6-5-13(18(20)23)9-15(14)19(11,2)7-8-21(16)10-12-3-4-12;1-12-16-11-13-4-5-14(17(19)21)10-15(13)18(12,2)6-7-20(16)8-9-22-3/h7-8,12,15,18,20H,1-6,9-11,13-14H2,(H2,23,25);6-7,10,13-14,18H,3-5,8-9,11-12H2,1-2H3,(H2,21,23);6-7,10,13,17H,8-9,11-12H2,1-5H3,(H2,21,23);5-7,11,14,18H,8-10,12H2,1-4H3,(H2,21,23);5-6,9,11-12,16H,3-4,7-8,10H2,1-2H3,(H2,20,23);4-5,10,12,16H,6-9,11H2,1-3H3,(H2,19,21)/t18?,20-,22-;13-,18+,20+;13-,17+,20+;14-,18+,20-;11-,16?,19-;12-,16+,18+/m100000/s1. The quantitative estimate of drug-likeness (QED) is 0.0436. The molecule has 16 aliphatic rings. The van der Waals surface area contributed by atoms with Crippen LogP contribution in [0.2, 0.25) is 0 Å². The number of Topliss-reactive ketones (excluding diaryl/α,β-unsaturated/α-hetero) is 1. The summed E-state index contributed by atoms with van der Waals surface area (Å²) in [4.78, 5) is 98.5. The van der Waals surface area contributed by atoms with Gasteiger partial charge in [0, 0.05) is 121 Å². The number of hydrogen-bond donors (Lipinski definition) is 6. The molecule has 10 aliphatic carbocycles. The molecule has 6 saturated heterocycles. The van der Waals surface area contributed by atoms with Crippen molar-refractivity contribution in [3.05, 3.63) is 221 Å². The van der Waals surface area contributed by atoms with Crippen LogP contribution in [0.25, 0.3) is 0 Å². The van der Waals surface area contributed by atoms with Gasteiger partial charge in [0.25, 0.3) is 0 Å². The summed E-state index contributed by atoms with van der Waals surface area (Å²) < 4.78 is 5.26. The second-order valence-corrected chi connectivity index (χ2v) is 48.9. The minimum Gasteiger partial charge on any atom is -0.383 e. The number of hydrogen-bond acceptors (Lipinski definition) is 14. The SMILES string of the molecule is CC(C)=CCN1CC[C@]2(C)c3cc(C(N)=O)ccc3C[C@@H]1[C@@H]2C.COCCN1CC[C@@]2(C)c3cc(C(N)=O)ccc3C[C@@H]1[C@@H]2C.C[C@H]1C2C(=O)c3ccc(C(N)=O)cc3[C@@]1(C)CCN2CC1CC1.C[C@H]1[C@H]2Cc3ccc(C(N)=O)cc3[C@]1(C)CCN2CC(C)(C)C.C[C@H]1[C@H]2Cc3ccc(C(N)=O)cc3[C@]1(C)CCN2CC1CCC1.NC(=O)c1ccc2c(c1)[C@@]13CCCCC1[C@@H](C2)N(CC1CCC1)CC3. The molecular formula is C119H166N12O8. The van der Waals surface area contributed by atoms with Gasteiger partial charge in [0.05, 0.1) is 12.6 Å². The summed E-state index contributed by atoms with van der Waals surface area (Å²) in [6.07, 6.45) is 31.3. The Labute approximate surface area is 830 Å². The first-order valence-corrected chi connectivity index (χ1v) is 53.7. The summed E-state index contributed by atoms with van der Waals surface area (Å²) in [6.45, 7) is 49.2. The number of methoxy groups -OCH3 is 1. The third kappa shape index (κ3) is 19.7. The number of rotatable bonds is 18. The molecule has 0 spiro atoms. The smallest absolute Gasteiger partial charge is 0.248 e. The van der Waals surface area contributed by atoms with Gasteiger partial charge < -0.3 is 39.1 Å². The third-order valence-electron chi connectivity index (χ3n) is 39.7. The Hall–Kier alpha value is -8.73. The van der Waals surface area contributed by atoms with Crippen molar-refractivity contribution in [1.82, 2.24) is 29.4 Å². The molecule has 20 heteroatoms. The number of nitrogens with zero attached hydrogens (tertiary/aromatic N) is 6. The minimum absolute atomic E-state index is 0.0127. The van der Waals surface area contributed by atoms with E-state index in [4.69, 9.17) is 39.1 Å². The van der Waals surface area contributed by atoms with E-state index in [-0.39, 0.29) is 74.4 Å². The van der Waals surface area contributed by atoms with Crippen molar-refractivity contribution in [2.45, 2.75) is 320 Å². The number of allylic oxidation sites excluding steroid dienone is 1. The third-order valence-corrected chi connectivity index (χ3v) is 39.7. The van der Waals surface area contributed by atoms with Crippen molar-refractivity contribution >= 4 is 41.2 Å². The Morgan fingerprint density at radius 2 is 0.705 bits per heavy atom. The topological polar surface area (TPSA) is 304 Å². The number of primary amides is 6. The Balaban J connectivity index is 0.000000115. The van der Waals surface area contributed by atoms with Crippen LogP contribution in [0.3, 0.4) is 0 Å². The molecule has 6 aromatic carbocycles. The number of carbonyl (C=O) groups is 7. The number of piperidine rings is 6. The first-order chi connectivity index (χ1) is 66.0. The molecule has 22 rings (SSSR count). The van der Waals surface area contributed by atoms with E-state index in [1.165, 1.54) is 184 Å². The Kier molecular flexibility index (Phi) is 29.4. The van der Waals surface area contributed by atoms with E-state index in [2.05, 4.69) is 194 Å². The van der Waals surface area contributed by atoms with E-state index in [9.17, 15) is 33.6 Å². The van der Waals surface area contributed by atoms with Crippen LogP contribution < -0.4 is 34.4 Å². The average Bonchev–Trinajstić information content (AvgIpc) is 1.52. The van der Waals surface area contributed by atoms with E-state index in [1.807, 2.05) is 48.5 Å². The first-order valence-electron chi connectivity index (χ1n) is 53.7. The van der Waals surface area contributed by atoms with Crippen LogP contribution in [0.4, 0.5) is 0 Å². The van der Waals surface area contributed by atoms with Gasteiger partial charge >= 0.3 is 0 Å². The Morgan fingerprint density at radius 1 is 0.374 bits per heavy atom. The van der Waals surface area contributed by atoms with Crippen molar-refractivity contribution in [2.24, 2.45) is 93.1 Å². The molecule has 0 aromatic heterocycles. The fourth-order valence-corrected chi connectivity index (χ4v) is 29.5. The van der Waals surface area contributed by atoms with E-state index in [1.54, 1.807) is 13.2 Å². The van der Waals surface area contributed by atoms with Gasteiger partial charge in [-0.3, -0.25) is 63.0 Å². The van der Waals surface area contributed by atoms with Crippen LogP contribution in [0.1, 0.15) is 353 Å². The average molecular weight is 1890 g/mol. The highest BCUT2D eigenvalue weighted by Crippen LogP contribution is 2.59. The van der Waals surface area contributed by atoms with Crippen molar-refractivity contribution < 1.29 is 38.3 Å². The highest BCUT2D eigenvalue weighted by Gasteiger charge is 2.58. The lowest BCUT2D eigenvalue weighted by Crippen LogP contribution is -2.61. The lowest BCUT2D eigenvalue weighted by Gasteiger charge is -2.59. The first kappa shape index (κ1) is 102. The number of ketones is 1. The van der Waals surface area contributed by atoms with Gasteiger partial charge in [0.1, 0.15) is 0 Å². The van der Waals surface area contributed by atoms with E-state index < -0.39 is 5.91 Å². The maximum atomic E-state index is 13.1. The molecule has 12 bridgehead atoms. The lowest BCUT2D eigenvalue weighted by molar-refractivity contribution is -0.0240. The van der Waals surface area contributed by atoms with Crippen molar-refractivity contribution in [3.63, 3.8) is 0 Å². The number of nitrogens with two attached hydrogens (primary N) is 6.